The molecule has 7 heteroatoms. The summed E-state index contributed by atoms with van der Waals surface area (Å²) in [4.78, 5) is 21.9. The molecule has 1 amide bonds. The first-order valence-electron chi connectivity index (χ1n) is 9.37. The van der Waals surface area contributed by atoms with Crippen molar-refractivity contribution in [1.82, 2.24) is 9.63 Å². The number of carbonyl (C=O) groups is 1. The number of nitrogens with one attached hydrogen (secondary N) is 1. The maximum Gasteiger partial charge on any atom is 0.283 e. The maximum absolute atomic E-state index is 12.4. The van der Waals surface area contributed by atoms with Gasteiger partial charge in [-0.1, -0.05) is 6.07 Å². The van der Waals surface area contributed by atoms with Gasteiger partial charge in [0.25, 0.3) is 5.91 Å². The summed E-state index contributed by atoms with van der Waals surface area (Å²) in [6, 6.07) is 9.91. The second-order valence-electron chi connectivity index (χ2n) is 7.12. The number of allylic oxidation sites excluding steroid dienone is 1. The van der Waals surface area contributed by atoms with Gasteiger partial charge in [-0.15, -0.1) is 5.06 Å². The third kappa shape index (κ3) is 3.85. The monoisotopic (exact) mass is 390 g/mol. The molecule has 2 aromatic rings. The average molecular weight is 390 g/mol. The highest BCUT2D eigenvalue weighted by Gasteiger charge is 2.34. The predicted octanol–water partition coefficient (Wildman–Crippen LogP) is 3.63. The Balaban J connectivity index is 1.48. The highest BCUT2D eigenvalue weighted by Crippen LogP contribution is 2.24. The molecule has 0 saturated heterocycles. The first-order valence-corrected chi connectivity index (χ1v) is 9.37. The van der Waals surface area contributed by atoms with Crippen LogP contribution in [0.1, 0.15) is 23.7 Å². The van der Waals surface area contributed by atoms with Crippen molar-refractivity contribution in [2.75, 3.05) is 6.61 Å². The Labute approximate surface area is 169 Å². The second-order valence-corrected chi connectivity index (χ2v) is 7.12. The van der Waals surface area contributed by atoms with Gasteiger partial charge in [-0.3, -0.25) is 10.2 Å². The van der Waals surface area contributed by atoms with E-state index >= 15 is 0 Å². The number of ether oxygens (including phenoxy) is 1. The van der Waals surface area contributed by atoms with E-state index in [-0.39, 0.29) is 11.4 Å². The molecule has 29 heavy (non-hydrogen) atoms. The quantitative estimate of drug-likeness (QED) is 0.791. The molecular weight excluding hydrogens is 368 g/mol. The number of hydrogen-bond donors (Lipinski definition) is 1. The first kappa shape index (κ1) is 18.7. The van der Waals surface area contributed by atoms with Gasteiger partial charge in [-0.05, 0) is 62.2 Å². The summed E-state index contributed by atoms with van der Waals surface area (Å²) in [7, 11) is 0. The van der Waals surface area contributed by atoms with Crippen molar-refractivity contribution < 1.29 is 14.4 Å². The Hall–Kier alpha value is -3.61. The van der Waals surface area contributed by atoms with Crippen LogP contribution in [0.4, 0.5) is 0 Å². The SMILES string of the molecule is CC1=CC2=NC(=O)/C(=C\c3cccn3CCOc3cc(C)cc(C)c3)C(=N)N2O1. The van der Waals surface area contributed by atoms with E-state index in [1.54, 1.807) is 19.1 Å². The smallest absolute Gasteiger partial charge is 0.283 e. The van der Waals surface area contributed by atoms with Crippen LogP contribution in [-0.4, -0.2) is 33.8 Å². The molecule has 2 aliphatic rings. The Morgan fingerprint density at radius 2 is 1.97 bits per heavy atom. The van der Waals surface area contributed by atoms with E-state index in [1.165, 1.54) is 5.06 Å². The summed E-state index contributed by atoms with van der Waals surface area (Å²) in [5, 5.41) is 9.58. The summed E-state index contributed by atoms with van der Waals surface area (Å²) in [6.45, 7) is 6.93. The molecule has 0 atom stereocenters. The highest BCUT2D eigenvalue weighted by atomic mass is 16.7. The van der Waals surface area contributed by atoms with E-state index in [0.29, 0.717) is 24.7 Å². The van der Waals surface area contributed by atoms with Gasteiger partial charge in [-0.25, -0.2) is 0 Å². The van der Waals surface area contributed by atoms with Crippen molar-refractivity contribution >= 4 is 23.7 Å². The number of rotatable bonds is 5. The lowest BCUT2D eigenvalue weighted by Gasteiger charge is -2.23. The summed E-state index contributed by atoms with van der Waals surface area (Å²) in [6.07, 6.45) is 5.22. The number of carbonyl (C=O) groups excluding carboxylic acids is 1. The number of amidine groups is 2. The van der Waals surface area contributed by atoms with Gasteiger partial charge in [0.2, 0.25) is 0 Å². The largest absolute Gasteiger partial charge is 0.492 e. The van der Waals surface area contributed by atoms with Crippen LogP contribution in [0, 0.1) is 19.3 Å². The van der Waals surface area contributed by atoms with E-state index in [9.17, 15) is 4.79 Å². The molecule has 1 aromatic heterocycles. The van der Waals surface area contributed by atoms with Gasteiger partial charge in [-0.2, -0.15) is 4.99 Å². The fourth-order valence-corrected chi connectivity index (χ4v) is 3.39. The molecule has 0 saturated carbocycles. The van der Waals surface area contributed by atoms with Gasteiger partial charge >= 0.3 is 0 Å². The summed E-state index contributed by atoms with van der Waals surface area (Å²) < 4.78 is 7.87. The molecule has 1 N–H and O–H groups in total. The van der Waals surface area contributed by atoms with E-state index in [4.69, 9.17) is 15.0 Å². The first-order chi connectivity index (χ1) is 13.9. The highest BCUT2D eigenvalue weighted by molar-refractivity contribution is 6.32. The molecule has 4 rings (SSSR count). The normalized spacial score (nSPS) is 17.2. The minimum atomic E-state index is -0.449. The van der Waals surface area contributed by atoms with Crippen molar-refractivity contribution in [3.63, 3.8) is 0 Å². The standard InChI is InChI=1S/C22H22N4O3/c1-14-9-15(2)11-18(10-14)28-8-7-25-6-4-5-17(25)13-19-21(23)26-20(24-22(19)27)12-16(3)29-26/h4-6,9-13,23H,7-8H2,1-3H3/b19-13-,23-21?. The molecule has 2 aliphatic heterocycles. The van der Waals surface area contributed by atoms with Crippen LogP contribution in [0.3, 0.4) is 0 Å². The zero-order chi connectivity index (χ0) is 20.5. The molecule has 0 spiro atoms. The van der Waals surface area contributed by atoms with E-state index < -0.39 is 5.91 Å². The van der Waals surface area contributed by atoms with Gasteiger partial charge in [0.05, 0.1) is 12.1 Å². The van der Waals surface area contributed by atoms with Crippen LogP contribution < -0.4 is 4.74 Å². The topological polar surface area (TPSA) is 79.9 Å². The fraction of sp³-hybridized carbons (Fsp3) is 0.227. The molecule has 1 aromatic carbocycles. The minimum Gasteiger partial charge on any atom is -0.492 e. The number of aromatic nitrogens is 1. The summed E-state index contributed by atoms with van der Waals surface area (Å²) in [5.74, 6) is 1.30. The third-order valence-electron chi connectivity index (χ3n) is 4.63. The van der Waals surface area contributed by atoms with Crippen molar-refractivity contribution in [2.24, 2.45) is 4.99 Å². The van der Waals surface area contributed by atoms with Crippen molar-refractivity contribution in [3.8, 4) is 5.75 Å². The number of fused-ring (bicyclic) bond motifs is 1. The van der Waals surface area contributed by atoms with Crippen molar-refractivity contribution in [1.29, 1.82) is 5.41 Å². The molecule has 7 nitrogen and oxygen atoms in total. The summed E-state index contributed by atoms with van der Waals surface area (Å²) >= 11 is 0. The Morgan fingerprint density at radius 1 is 1.21 bits per heavy atom. The number of amides is 1. The lowest BCUT2D eigenvalue weighted by atomic mass is 10.1. The number of benzene rings is 1. The Kier molecular flexibility index (Phi) is 4.80. The lowest BCUT2D eigenvalue weighted by molar-refractivity contribution is -0.114. The molecule has 0 radical (unpaired) electrons. The number of aryl methyl sites for hydroxylation is 2. The molecule has 148 valence electrons. The minimum absolute atomic E-state index is 0.0210. The number of hydrogen-bond acceptors (Lipinski definition) is 4. The van der Waals surface area contributed by atoms with Crippen LogP contribution >= 0.6 is 0 Å². The van der Waals surface area contributed by atoms with Crippen molar-refractivity contribution in [3.05, 3.63) is 70.8 Å². The second kappa shape index (κ2) is 7.43. The van der Waals surface area contributed by atoms with Gasteiger partial charge < -0.3 is 14.1 Å². The van der Waals surface area contributed by atoms with E-state index in [1.807, 2.05) is 48.9 Å². The predicted molar refractivity (Wildman–Crippen MR) is 111 cm³/mol. The molecule has 0 unspecified atom stereocenters. The number of aliphatic imine (C=N–C) groups is 1. The van der Waals surface area contributed by atoms with Crippen LogP contribution in [0.15, 0.2) is 58.9 Å². The van der Waals surface area contributed by atoms with Gasteiger partial charge in [0.1, 0.15) is 18.1 Å². The van der Waals surface area contributed by atoms with Crippen LogP contribution in [0.2, 0.25) is 0 Å². The summed E-state index contributed by atoms with van der Waals surface area (Å²) in [5.41, 5.74) is 3.31. The molecule has 0 bridgehead atoms. The zero-order valence-corrected chi connectivity index (χ0v) is 16.6. The van der Waals surface area contributed by atoms with E-state index in [2.05, 4.69) is 11.1 Å². The molecule has 3 heterocycles. The zero-order valence-electron chi connectivity index (χ0n) is 16.6. The van der Waals surface area contributed by atoms with Crippen LogP contribution in [-0.2, 0) is 16.2 Å². The number of hydroxylamine groups is 2. The Morgan fingerprint density at radius 3 is 2.72 bits per heavy atom. The molecule has 0 aliphatic carbocycles. The third-order valence-corrected chi connectivity index (χ3v) is 4.63. The van der Waals surface area contributed by atoms with E-state index in [0.717, 1.165) is 22.6 Å². The van der Waals surface area contributed by atoms with Crippen LogP contribution in [0.5, 0.6) is 5.75 Å². The average Bonchev–Trinajstić information content (AvgIpc) is 3.24. The van der Waals surface area contributed by atoms with Crippen molar-refractivity contribution in [2.45, 2.75) is 27.3 Å². The van der Waals surface area contributed by atoms with Gasteiger partial charge in [0.15, 0.2) is 11.7 Å². The Bertz CT molecular complexity index is 1070. The van der Waals surface area contributed by atoms with Crippen LogP contribution in [0.25, 0.3) is 6.08 Å². The van der Waals surface area contributed by atoms with Gasteiger partial charge in [0, 0.05) is 18.0 Å². The number of nitrogens with zero attached hydrogens (tertiary/aromatic N) is 3. The molecule has 0 fully saturated rings. The lowest BCUT2D eigenvalue weighted by Crippen LogP contribution is -2.38. The molecular formula is C22H22N4O3. The maximum atomic E-state index is 12.4. The fourth-order valence-electron chi connectivity index (χ4n) is 3.39.